The molecule has 0 aromatic carbocycles. The maximum atomic E-state index is 4.87. The Labute approximate surface area is 129 Å². The van der Waals surface area contributed by atoms with Gasteiger partial charge in [0.05, 0.1) is 16.8 Å². The van der Waals surface area contributed by atoms with Gasteiger partial charge in [-0.15, -0.1) is 11.8 Å². The van der Waals surface area contributed by atoms with E-state index in [0.29, 0.717) is 12.0 Å². The van der Waals surface area contributed by atoms with E-state index >= 15 is 0 Å². The summed E-state index contributed by atoms with van der Waals surface area (Å²) in [6, 6.07) is 6.61. The first-order valence-electron chi connectivity index (χ1n) is 7.28. The average molecular weight is 300 g/mol. The molecule has 2 aromatic heterocycles. The molecule has 2 atom stereocenters. The third-order valence-electron chi connectivity index (χ3n) is 3.71. The number of hydrogen-bond acceptors (Lipinski definition) is 4. The van der Waals surface area contributed by atoms with Crippen molar-refractivity contribution in [3.05, 3.63) is 48.0 Å². The highest BCUT2D eigenvalue weighted by atomic mass is 32.2. The molecule has 0 fully saturated rings. The van der Waals surface area contributed by atoms with Gasteiger partial charge < -0.3 is 0 Å². The summed E-state index contributed by atoms with van der Waals surface area (Å²) >= 11 is 1.88. The minimum Gasteiger partial charge on any atom is -0.278 e. The maximum absolute atomic E-state index is 4.87. The summed E-state index contributed by atoms with van der Waals surface area (Å²) in [6.45, 7) is 2.24. The molecule has 1 aliphatic heterocycles. The Morgan fingerprint density at radius 2 is 2.33 bits per heavy atom. The van der Waals surface area contributed by atoms with Crippen LogP contribution in [0.4, 0.5) is 0 Å². The first kappa shape index (κ1) is 14.3. The maximum Gasteiger partial charge on any atom is 0.0724 e. The van der Waals surface area contributed by atoms with Gasteiger partial charge in [-0.05, 0) is 24.1 Å². The normalized spacial score (nSPS) is 19.5. The lowest BCUT2D eigenvalue weighted by molar-refractivity contribution is 0.577. The van der Waals surface area contributed by atoms with Crippen LogP contribution < -0.4 is 0 Å². The third kappa shape index (κ3) is 3.73. The van der Waals surface area contributed by atoms with Crippen molar-refractivity contribution in [1.82, 2.24) is 14.8 Å². The number of aryl methyl sites for hydroxylation is 1. The Balaban J connectivity index is 1.58. The third-order valence-corrected chi connectivity index (χ3v) is 4.85. The van der Waals surface area contributed by atoms with Crippen molar-refractivity contribution in [3.8, 4) is 0 Å². The first-order chi connectivity index (χ1) is 10.2. The van der Waals surface area contributed by atoms with Crippen LogP contribution in [0.25, 0.3) is 0 Å². The van der Waals surface area contributed by atoms with Gasteiger partial charge in [-0.1, -0.05) is 13.0 Å². The van der Waals surface area contributed by atoms with Crippen molar-refractivity contribution in [3.63, 3.8) is 0 Å². The number of nitrogens with zero attached hydrogens (tertiary/aromatic N) is 4. The zero-order valence-electron chi connectivity index (χ0n) is 12.4. The zero-order chi connectivity index (χ0) is 14.7. The molecular weight excluding hydrogens is 280 g/mol. The monoisotopic (exact) mass is 300 g/mol. The van der Waals surface area contributed by atoms with Crippen molar-refractivity contribution in [2.24, 2.45) is 12.0 Å². The zero-order valence-corrected chi connectivity index (χ0v) is 13.3. The smallest absolute Gasteiger partial charge is 0.0724 e. The topological polar surface area (TPSA) is 43.1 Å². The van der Waals surface area contributed by atoms with Gasteiger partial charge in [0.2, 0.25) is 0 Å². The predicted molar refractivity (Wildman–Crippen MR) is 87.9 cm³/mol. The summed E-state index contributed by atoms with van der Waals surface area (Å²) in [5.41, 5.74) is 2.40. The second kappa shape index (κ2) is 6.43. The van der Waals surface area contributed by atoms with Crippen molar-refractivity contribution >= 4 is 16.8 Å². The van der Waals surface area contributed by atoms with Gasteiger partial charge in [-0.3, -0.25) is 14.7 Å². The van der Waals surface area contributed by atoms with Gasteiger partial charge in [0.15, 0.2) is 0 Å². The van der Waals surface area contributed by atoms with Crippen LogP contribution in [0.5, 0.6) is 0 Å². The van der Waals surface area contributed by atoms with Gasteiger partial charge in [-0.2, -0.15) is 5.10 Å². The van der Waals surface area contributed by atoms with Crippen molar-refractivity contribution in [2.45, 2.75) is 31.7 Å². The Morgan fingerprint density at radius 1 is 1.43 bits per heavy atom. The van der Waals surface area contributed by atoms with Crippen LogP contribution in [0.15, 0.2) is 41.8 Å². The summed E-state index contributed by atoms with van der Waals surface area (Å²) in [4.78, 5) is 9.03. The molecule has 3 rings (SSSR count). The Bertz CT molecular complexity index is 620. The molecule has 4 nitrogen and oxygen atoms in total. The number of aliphatic imine (C=N–C) groups is 1. The van der Waals surface area contributed by atoms with E-state index in [1.165, 1.54) is 16.3 Å². The molecule has 1 aliphatic rings. The largest absolute Gasteiger partial charge is 0.278 e. The quantitative estimate of drug-likeness (QED) is 0.852. The fourth-order valence-corrected chi connectivity index (χ4v) is 3.68. The van der Waals surface area contributed by atoms with Crippen LogP contribution in [0, 0.1) is 0 Å². The van der Waals surface area contributed by atoms with E-state index in [1.54, 1.807) is 0 Å². The Kier molecular flexibility index (Phi) is 4.39. The molecule has 5 heteroatoms. The van der Waals surface area contributed by atoms with E-state index in [9.17, 15) is 0 Å². The lowest BCUT2D eigenvalue weighted by Gasteiger charge is -2.11. The van der Waals surface area contributed by atoms with Gasteiger partial charge in [0.1, 0.15) is 0 Å². The van der Waals surface area contributed by atoms with Crippen molar-refractivity contribution in [2.75, 3.05) is 5.75 Å². The summed E-state index contributed by atoms with van der Waals surface area (Å²) in [5.74, 6) is 1.55. The number of thioether (sulfide) groups is 1. The van der Waals surface area contributed by atoms with Gasteiger partial charge in [-0.25, -0.2) is 0 Å². The van der Waals surface area contributed by atoms with Crippen LogP contribution in [0.3, 0.4) is 0 Å². The SMILES string of the molecule is CC(CC1CSC(Cc2cccnc2)=N1)c1ccn(C)n1. The molecule has 0 radical (unpaired) electrons. The molecule has 0 aliphatic carbocycles. The number of pyridine rings is 1. The Morgan fingerprint density at radius 3 is 3.05 bits per heavy atom. The van der Waals surface area contributed by atoms with Crippen molar-refractivity contribution in [1.29, 1.82) is 0 Å². The highest BCUT2D eigenvalue weighted by molar-refractivity contribution is 8.14. The number of aromatic nitrogens is 3. The summed E-state index contributed by atoms with van der Waals surface area (Å²) in [5, 5.41) is 5.73. The first-order valence-corrected chi connectivity index (χ1v) is 8.27. The molecule has 3 heterocycles. The second-order valence-electron chi connectivity index (χ2n) is 5.58. The molecule has 110 valence electrons. The van der Waals surface area contributed by atoms with E-state index in [1.807, 2.05) is 48.1 Å². The molecule has 0 amide bonds. The molecule has 0 spiro atoms. The summed E-state index contributed by atoms with van der Waals surface area (Å²) < 4.78 is 1.87. The van der Waals surface area contributed by atoms with Crippen LogP contribution >= 0.6 is 11.8 Å². The lowest BCUT2D eigenvalue weighted by Crippen LogP contribution is -2.09. The molecule has 0 saturated carbocycles. The number of rotatable bonds is 5. The van der Waals surface area contributed by atoms with E-state index in [2.05, 4.69) is 29.1 Å². The molecule has 0 N–H and O–H groups in total. The van der Waals surface area contributed by atoms with E-state index in [0.717, 1.165) is 18.6 Å². The van der Waals surface area contributed by atoms with E-state index in [-0.39, 0.29) is 0 Å². The number of hydrogen-bond donors (Lipinski definition) is 0. The summed E-state index contributed by atoms with van der Waals surface area (Å²) in [6.07, 6.45) is 7.72. The van der Waals surface area contributed by atoms with Gasteiger partial charge in [0.25, 0.3) is 0 Å². The Hall–Kier alpha value is -1.62. The highest BCUT2D eigenvalue weighted by Crippen LogP contribution is 2.28. The fourth-order valence-electron chi connectivity index (χ4n) is 2.59. The molecular formula is C16H20N4S. The lowest BCUT2D eigenvalue weighted by atomic mass is 10.00. The standard InChI is InChI=1S/C16H20N4S/c1-12(15-5-7-20(2)19-15)8-14-11-21-16(18-14)9-13-4-3-6-17-10-13/h3-7,10,12,14H,8-9,11H2,1-2H3. The minimum atomic E-state index is 0.415. The summed E-state index contributed by atoms with van der Waals surface area (Å²) in [7, 11) is 1.96. The van der Waals surface area contributed by atoms with Gasteiger partial charge in [0, 0.05) is 43.7 Å². The van der Waals surface area contributed by atoms with Crippen molar-refractivity contribution < 1.29 is 0 Å². The fraction of sp³-hybridized carbons (Fsp3) is 0.438. The minimum absolute atomic E-state index is 0.415. The molecule has 2 aromatic rings. The van der Waals surface area contributed by atoms with E-state index in [4.69, 9.17) is 4.99 Å². The van der Waals surface area contributed by atoms with Gasteiger partial charge >= 0.3 is 0 Å². The van der Waals surface area contributed by atoms with Crippen LogP contribution in [-0.4, -0.2) is 31.6 Å². The second-order valence-corrected chi connectivity index (χ2v) is 6.67. The van der Waals surface area contributed by atoms with Crippen LogP contribution in [0.1, 0.15) is 30.5 Å². The van der Waals surface area contributed by atoms with Crippen LogP contribution in [-0.2, 0) is 13.5 Å². The molecule has 0 bridgehead atoms. The van der Waals surface area contributed by atoms with Crippen LogP contribution in [0.2, 0.25) is 0 Å². The molecule has 2 unspecified atom stereocenters. The predicted octanol–water partition coefficient (Wildman–Crippen LogP) is 3.07. The van der Waals surface area contributed by atoms with E-state index < -0.39 is 0 Å². The highest BCUT2D eigenvalue weighted by Gasteiger charge is 2.22. The molecule has 21 heavy (non-hydrogen) atoms. The molecule has 0 saturated heterocycles. The average Bonchev–Trinajstić information content (AvgIpc) is 3.09.